The van der Waals surface area contributed by atoms with Gasteiger partial charge < -0.3 is 9.53 Å². The van der Waals surface area contributed by atoms with Crippen molar-refractivity contribution < 1.29 is 14.3 Å². The molecule has 0 fully saturated rings. The van der Waals surface area contributed by atoms with E-state index in [1.807, 2.05) is 60.7 Å². The van der Waals surface area contributed by atoms with Crippen LogP contribution in [-0.4, -0.2) is 19.4 Å². The number of carbonyl (C=O) groups excluding carboxylic acids is 2. The molecule has 0 aliphatic rings. The predicted molar refractivity (Wildman–Crippen MR) is 76.4 cm³/mol. The molecule has 3 nitrogen and oxygen atoms in total. The van der Waals surface area contributed by atoms with Gasteiger partial charge in [-0.1, -0.05) is 60.7 Å². The first-order valence-corrected chi connectivity index (χ1v) is 6.39. The molecular weight excluding hydrogens is 252 g/mol. The molecular formula is C17H16O3. The van der Waals surface area contributed by atoms with Crippen molar-refractivity contribution in [2.75, 3.05) is 7.11 Å². The average Bonchev–Trinajstić information content (AvgIpc) is 2.53. The molecule has 0 unspecified atom stereocenters. The fourth-order valence-electron chi connectivity index (χ4n) is 2.47. The Morgan fingerprint density at radius 1 is 1.00 bits per heavy atom. The van der Waals surface area contributed by atoms with Gasteiger partial charge >= 0.3 is 5.97 Å². The van der Waals surface area contributed by atoms with E-state index in [9.17, 15) is 9.59 Å². The van der Waals surface area contributed by atoms with Crippen LogP contribution in [0.1, 0.15) is 17.5 Å². The summed E-state index contributed by atoms with van der Waals surface area (Å²) in [6.45, 7) is 0. The Hall–Kier alpha value is -2.42. The minimum atomic E-state index is -1.08. The summed E-state index contributed by atoms with van der Waals surface area (Å²) in [5.41, 5.74) is 0.425. The molecule has 3 heteroatoms. The van der Waals surface area contributed by atoms with E-state index in [1.54, 1.807) is 0 Å². The highest BCUT2D eigenvalue weighted by Gasteiger charge is 2.42. The Kier molecular flexibility index (Phi) is 4.31. The molecule has 20 heavy (non-hydrogen) atoms. The lowest BCUT2D eigenvalue weighted by molar-refractivity contribution is -0.146. The SMILES string of the molecule is COC(=O)C(CC=O)(c1ccccc1)c1ccccc1. The van der Waals surface area contributed by atoms with E-state index in [4.69, 9.17) is 4.74 Å². The van der Waals surface area contributed by atoms with Crippen molar-refractivity contribution in [3.05, 3.63) is 71.8 Å². The number of hydrogen-bond donors (Lipinski definition) is 0. The van der Waals surface area contributed by atoms with Crippen molar-refractivity contribution in [1.82, 2.24) is 0 Å². The fourth-order valence-corrected chi connectivity index (χ4v) is 2.47. The van der Waals surface area contributed by atoms with Gasteiger partial charge in [0.2, 0.25) is 0 Å². The molecule has 0 radical (unpaired) electrons. The molecule has 0 saturated heterocycles. The first-order valence-electron chi connectivity index (χ1n) is 6.39. The molecule has 0 N–H and O–H groups in total. The topological polar surface area (TPSA) is 43.4 Å². The van der Waals surface area contributed by atoms with Gasteiger partial charge in [0.25, 0.3) is 0 Å². The van der Waals surface area contributed by atoms with Crippen LogP contribution in [0.2, 0.25) is 0 Å². The Morgan fingerprint density at radius 3 is 1.80 bits per heavy atom. The van der Waals surface area contributed by atoms with Crippen LogP contribution in [0.3, 0.4) is 0 Å². The van der Waals surface area contributed by atoms with E-state index in [2.05, 4.69) is 0 Å². The van der Waals surface area contributed by atoms with Crippen LogP contribution in [0.5, 0.6) is 0 Å². The summed E-state index contributed by atoms with van der Waals surface area (Å²) in [6, 6.07) is 18.5. The number of rotatable bonds is 5. The van der Waals surface area contributed by atoms with Crippen molar-refractivity contribution in [2.45, 2.75) is 11.8 Å². The van der Waals surface area contributed by atoms with Gasteiger partial charge in [-0.25, -0.2) is 0 Å². The first kappa shape index (κ1) is 14.0. The van der Waals surface area contributed by atoms with Gasteiger partial charge in [-0.2, -0.15) is 0 Å². The normalized spacial score (nSPS) is 10.8. The maximum atomic E-state index is 12.4. The van der Waals surface area contributed by atoms with Gasteiger partial charge in [0.15, 0.2) is 0 Å². The van der Waals surface area contributed by atoms with E-state index >= 15 is 0 Å². The van der Waals surface area contributed by atoms with Crippen LogP contribution in [0.4, 0.5) is 0 Å². The highest BCUT2D eigenvalue weighted by molar-refractivity contribution is 5.90. The fraction of sp³-hybridized carbons (Fsp3) is 0.176. The molecule has 0 saturated carbocycles. The Labute approximate surface area is 118 Å². The smallest absolute Gasteiger partial charge is 0.321 e. The summed E-state index contributed by atoms with van der Waals surface area (Å²) in [6.07, 6.45) is 0.810. The minimum Gasteiger partial charge on any atom is -0.468 e. The zero-order valence-electron chi connectivity index (χ0n) is 11.3. The highest BCUT2D eigenvalue weighted by Crippen LogP contribution is 2.36. The van der Waals surface area contributed by atoms with Gasteiger partial charge in [-0.15, -0.1) is 0 Å². The molecule has 2 aromatic rings. The number of hydrogen-bond acceptors (Lipinski definition) is 3. The van der Waals surface area contributed by atoms with E-state index in [1.165, 1.54) is 7.11 Å². The monoisotopic (exact) mass is 268 g/mol. The number of benzene rings is 2. The molecule has 0 heterocycles. The van der Waals surface area contributed by atoms with Gasteiger partial charge in [-0.3, -0.25) is 4.79 Å². The van der Waals surface area contributed by atoms with Gasteiger partial charge in [0, 0.05) is 6.42 Å². The van der Waals surface area contributed by atoms with Gasteiger partial charge in [0.1, 0.15) is 11.7 Å². The van der Waals surface area contributed by atoms with Crippen molar-refractivity contribution in [3.63, 3.8) is 0 Å². The summed E-state index contributed by atoms with van der Waals surface area (Å²) in [5.74, 6) is -0.429. The summed E-state index contributed by atoms with van der Waals surface area (Å²) in [4.78, 5) is 23.6. The standard InChI is InChI=1S/C17H16O3/c1-20-16(19)17(12-13-18,14-8-4-2-5-9-14)15-10-6-3-7-11-15/h2-11,13H,12H2,1H3. The molecule has 0 bridgehead atoms. The van der Waals surface area contributed by atoms with Crippen LogP contribution in [0, 0.1) is 0 Å². The zero-order chi connectivity index (χ0) is 14.4. The van der Waals surface area contributed by atoms with Crippen molar-refractivity contribution in [2.24, 2.45) is 0 Å². The summed E-state index contributed by atoms with van der Waals surface area (Å²) < 4.78 is 4.98. The molecule has 2 rings (SSSR count). The molecule has 102 valence electrons. The Morgan fingerprint density at radius 2 is 1.45 bits per heavy atom. The van der Waals surface area contributed by atoms with Crippen molar-refractivity contribution >= 4 is 12.3 Å². The first-order chi connectivity index (χ1) is 9.75. The molecule has 0 atom stereocenters. The molecule has 0 aliphatic heterocycles. The molecule has 0 aliphatic carbocycles. The number of aldehydes is 1. The largest absolute Gasteiger partial charge is 0.468 e. The quantitative estimate of drug-likeness (QED) is 0.618. The second kappa shape index (κ2) is 6.15. The summed E-state index contributed by atoms with van der Waals surface area (Å²) in [7, 11) is 1.34. The highest BCUT2D eigenvalue weighted by atomic mass is 16.5. The molecule has 2 aromatic carbocycles. The molecule has 0 spiro atoms. The number of esters is 1. The van der Waals surface area contributed by atoms with E-state index in [0.29, 0.717) is 0 Å². The van der Waals surface area contributed by atoms with Crippen LogP contribution in [0.15, 0.2) is 60.7 Å². The van der Waals surface area contributed by atoms with Gasteiger partial charge in [0.05, 0.1) is 7.11 Å². The Balaban J connectivity index is 2.69. The second-order valence-electron chi connectivity index (χ2n) is 4.50. The van der Waals surface area contributed by atoms with E-state index in [0.717, 1.165) is 17.4 Å². The van der Waals surface area contributed by atoms with Crippen LogP contribution >= 0.6 is 0 Å². The maximum absolute atomic E-state index is 12.4. The maximum Gasteiger partial charge on any atom is 0.321 e. The number of ether oxygens (including phenoxy) is 1. The third-order valence-electron chi connectivity index (χ3n) is 3.46. The average molecular weight is 268 g/mol. The van der Waals surface area contributed by atoms with Gasteiger partial charge in [-0.05, 0) is 11.1 Å². The lowest BCUT2D eigenvalue weighted by atomic mass is 9.72. The van der Waals surface area contributed by atoms with E-state index in [-0.39, 0.29) is 6.42 Å². The number of carbonyl (C=O) groups is 2. The lowest BCUT2D eigenvalue weighted by Gasteiger charge is -2.30. The third kappa shape index (κ3) is 2.35. The third-order valence-corrected chi connectivity index (χ3v) is 3.46. The van der Waals surface area contributed by atoms with Crippen LogP contribution < -0.4 is 0 Å². The molecule has 0 aromatic heterocycles. The number of methoxy groups -OCH3 is 1. The molecule has 0 amide bonds. The minimum absolute atomic E-state index is 0.0493. The summed E-state index contributed by atoms with van der Waals surface area (Å²) in [5, 5.41) is 0. The zero-order valence-corrected chi connectivity index (χ0v) is 11.3. The van der Waals surface area contributed by atoms with Crippen LogP contribution in [0.25, 0.3) is 0 Å². The lowest BCUT2D eigenvalue weighted by Crippen LogP contribution is -2.38. The van der Waals surface area contributed by atoms with Crippen LogP contribution in [-0.2, 0) is 19.7 Å². The van der Waals surface area contributed by atoms with E-state index < -0.39 is 11.4 Å². The second-order valence-corrected chi connectivity index (χ2v) is 4.50. The van der Waals surface area contributed by atoms with Crippen molar-refractivity contribution in [3.8, 4) is 0 Å². The predicted octanol–water partition coefficient (Wildman–Crippen LogP) is 2.73. The van der Waals surface area contributed by atoms with Crippen molar-refractivity contribution in [1.29, 1.82) is 0 Å². The Bertz CT molecular complexity index is 536. The summed E-state index contributed by atoms with van der Waals surface area (Å²) >= 11 is 0.